The molecular formula is C54H70ClN11O8. The molecule has 3 fully saturated rings. The molecule has 3 amide bonds. The van der Waals surface area contributed by atoms with Crippen molar-refractivity contribution in [3.63, 3.8) is 0 Å². The van der Waals surface area contributed by atoms with Gasteiger partial charge in [-0.15, -0.1) is 0 Å². The van der Waals surface area contributed by atoms with Crippen LogP contribution in [-0.4, -0.2) is 142 Å². The monoisotopic (exact) mass is 1040 g/mol. The van der Waals surface area contributed by atoms with E-state index in [9.17, 15) is 19.6 Å². The molecule has 0 bridgehead atoms. The number of likely N-dealkylation sites (N-methyl/N-ethyl adjacent to an activating group) is 1. The summed E-state index contributed by atoms with van der Waals surface area (Å²) >= 11 is 6.25. The number of carbonyl (C=O) groups is 3. The van der Waals surface area contributed by atoms with E-state index < -0.39 is 10.8 Å². The Kier molecular flexibility index (Phi) is 17.1. The fraction of sp³-hybridized carbons (Fsp3) is 0.556. The highest BCUT2D eigenvalue weighted by atomic mass is 35.5. The number of rotatable bonds is 21. The zero-order valence-electron chi connectivity index (χ0n) is 43.9. The van der Waals surface area contributed by atoms with Gasteiger partial charge in [-0.25, -0.2) is 15.0 Å². The Morgan fingerprint density at radius 3 is 2.24 bits per heavy atom. The van der Waals surface area contributed by atoms with Gasteiger partial charge >= 0.3 is 0 Å². The van der Waals surface area contributed by atoms with Crippen molar-refractivity contribution in [1.82, 2.24) is 30.6 Å². The Bertz CT molecular complexity index is 2660. The molecule has 396 valence electrons. The number of anilines is 5. The molecular weight excluding hydrogens is 966 g/mol. The first-order chi connectivity index (χ1) is 35.6. The fourth-order valence-corrected chi connectivity index (χ4v) is 11.5. The molecule has 4 heterocycles. The summed E-state index contributed by atoms with van der Waals surface area (Å²) in [6.07, 6.45) is 11.4. The van der Waals surface area contributed by atoms with Crippen LogP contribution >= 0.6 is 11.6 Å². The molecule has 2 aromatic heterocycles. The van der Waals surface area contributed by atoms with Crippen molar-refractivity contribution >= 4 is 58.4 Å². The number of methoxy groups -OCH3 is 1. The molecule has 0 spiro atoms. The number of aromatic nitrogens is 4. The van der Waals surface area contributed by atoms with Crippen LogP contribution in [0.2, 0.25) is 5.02 Å². The highest BCUT2D eigenvalue weighted by molar-refractivity contribution is 6.31. The average molecular weight is 1040 g/mol. The number of amides is 3. The quantitative estimate of drug-likeness (QED) is 0.0795. The van der Waals surface area contributed by atoms with E-state index in [1.54, 1.807) is 68.0 Å². The van der Waals surface area contributed by atoms with E-state index in [0.717, 1.165) is 57.4 Å². The maximum Gasteiger partial charge on any atom is 0.254 e. The summed E-state index contributed by atoms with van der Waals surface area (Å²) in [5.41, 5.74) is 1.81. The zero-order chi connectivity index (χ0) is 52.7. The Balaban J connectivity index is 0.697. The van der Waals surface area contributed by atoms with E-state index >= 15 is 0 Å². The number of halogens is 1. The second kappa shape index (κ2) is 23.5. The van der Waals surface area contributed by atoms with Gasteiger partial charge in [-0.3, -0.25) is 14.4 Å². The number of nitrogens with zero attached hydrogens (tertiary/aromatic N) is 9. The number of piperidine rings is 1. The van der Waals surface area contributed by atoms with Gasteiger partial charge in [-0.2, -0.15) is 10.2 Å². The Labute approximate surface area is 439 Å². The van der Waals surface area contributed by atoms with E-state index in [1.807, 2.05) is 24.9 Å². The average Bonchev–Trinajstić information content (AvgIpc) is 3.95. The van der Waals surface area contributed by atoms with Crippen LogP contribution in [0.15, 0.2) is 55.0 Å². The molecule has 4 aromatic rings. The molecule has 74 heavy (non-hydrogen) atoms. The van der Waals surface area contributed by atoms with Gasteiger partial charge < -0.3 is 53.9 Å². The van der Waals surface area contributed by atoms with Crippen molar-refractivity contribution < 1.29 is 38.1 Å². The summed E-state index contributed by atoms with van der Waals surface area (Å²) < 4.78 is 29.6. The van der Waals surface area contributed by atoms with Crippen molar-refractivity contribution in [2.45, 2.75) is 110 Å². The lowest BCUT2D eigenvalue weighted by atomic mass is 9.49. The van der Waals surface area contributed by atoms with E-state index in [2.05, 4.69) is 69.1 Å². The minimum absolute atomic E-state index is 0.0646. The molecule has 8 rings (SSSR count). The van der Waals surface area contributed by atoms with Gasteiger partial charge in [0, 0.05) is 80.7 Å². The summed E-state index contributed by atoms with van der Waals surface area (Å²) in [6, 6.07) is 12.2. The minimum Gasteiger partial charge on any atom is -0.495 e. The molecule has 2 aromatic carbocycles. The van der Waals surface area contributed by atoms with Crippen LogP contribution in [0.4, 0.5) is 29.1 Å². The summed E-state index contributed by atoms with van der Waals surface area (Å²) in [4.78, 5) is 66.5. The van der Waals surface area contributed by atoms with Crippen LogP contribution in [0.25, 0.3) is 0 Å². The second-order valence-electron chi connectivity index (χ2n) is 20.6. The van der Waals surface area contributed by atoms with Gasteiger partial charge in [0.25, 0.3) is 11.8 Å². The molecule has 4 aliphatic rings. The first-order valence-electron chi connectivity index (χ1n) is 25.7. The third-order valence-electron chi connectivity index (χ3n) is 15.0. The lowest BCUT2D eigenvalue weighted by Gasteiger charge is -2.63. The van der Waals surface area contributed by atoms with Crippen molar-refractivity contribution in [1.29, 1.82) is 5.26 Å². The van der Waals surface area contributed by atoms with E-state index in [4.69, 9.17) is 40.3 Å². The lowest BCUT2D eigenvalue weighted by molar-refractivity contribution is -0.164. The number of nitrogens with one attached hydrogen (secondary N) is 2. The number of hydrogen-bond donors (Lipinski definition) is 2. The van der Waals surface area contributed by atoms with Crippen LogP contribution < -0.4 is 39.7 Å². The van der Waals surface area contributed by atoms with E-state index in [-0.39, 0.29) is 48.1 Å². The van der Waals surface area contributed by atoms with Gasteiger partial charge in [-0.1, -0.05) is 59.1 Å². The fourth-order valence-electron chi connectivity index (χ4n) is 11.3. The molecule has 1 atom stereocenters. The minimum atomic E-state index is -0.397. The number of hydrogen-bond acceptors (Lipinski definition) is 16. The Hall–Kier alpha value is -6.33. The number of ether oxygens (including phenoxy) is 5. The Morgan fingerprint density at radius 1 is 0.892 bits per heavy atom. The number of nitriles is 1. The molecule has 1 saturated heterocycles. The molecule has 0 radical (unpaired) electrons. The van der Waals surface area contributed by atoms with Gasteiger partial charge in [0.15, 0.2) is 5.82 Å². The lowest BCUT2D eigenvalue weighted by Crippen LogP contribution is -2.74. The predicted molar refractivity (Wildman–Crippen MR) is 282 cm³/mol. The topological polar surface area (TPSA) is 210 Å². The molecule has 20 heteroatoms. The maximum atomic E-state index is 13.4. The van der Waals surface area contributed by atoms with Crippen molar-refractivity contribution in [3.8, 4) is 17.6 Å². The summed E-state index contributed by atoms with van der Waals surface area (Å²) in [6.45, 7) is 14.1. The van der Waals surface area contributed by atoms with Crippen LogP contribution in [0.1, 0.15) is 106 Å². The number of carbonyl (C=O) groups excluding carboxylic acids is 3. The van der Waals surface area contributed by atoms with Crippen LogP contribution in [0.3, 0.4) is 0 Å². The van der Waals surface area contributed by atoms with Crippen LogP contribution in [0, 0.1) is 22.2 Å². The first-order valence-corrected chi connectivity index (χ1v) is 26.1. The predicted octanol–water partition coefficient (Wildman–Crippen LogP) is 7.13. The van der Waals surface area contributed by atoms with Crippen LogP contribution in [0.5, 0.6) is 11.5 Å². The van der Waals surface area contributed by atoms with Crippen LogP contribution in [-0.2, 0) is 19.0 Å². The first kappa shape index (κ1) is 53.9. The highest BCUT2D eigenvalue weighted by Gasteiger charge is 2.64. The molecule has 2 N–H and O–H groups in total. The van der Waals surface area contributed by atoms with Gasteiger partial charge in [-0.05, 0) is 62.4 Å². The van der Waals surface area contributed by atoms with Gasteiger partial charge in [0.05, 0.1) is 74.3 Å². The summed E-state index contributed by atoms with van der Waals surface area (Å²) in [5.74, 6) is 2.43. The molecule has 19 nitrogen and oxygen atoms in total. The molecule has 0 unspecified atom stereocenters. The standard InChI is InChI=1S/C54H70ClN11O8/c1-9-41-48(69)63(6)43-33-60-52(61-45(43)66(41)37-12-10-11-13-37)64(7)42-17-15-34(28-44(42)70-8)46(67)57-20-23-71-24-25-72-26-27-73-38-18-21-65(22-19-38)51-58-31-36(32-59-51)47(68)62-49-53(2,3)50(54(49,4)5)74-39-16-14-35(30-56)40(55)29-39/h14-17,28-29,31-33,37-38,41,49-50H,9-13,18-27H2,1-8H3,(H,57,67)(H,62,68)/t41-,49-,50-/m1/s1. The van der Waals surface area contributed by atoms with Gasteiger partial charge in [0.2, 0.25) is 17.8 Å². The second-order valence-corrected chi connectivity index (χ2v) is 21.0. The van der Waals surface area contributed by atoms with E-state index in [1.165, 1.54) is 0 Å². The smallest absolute Gasteiger partial charge is 0.254 e. The number of benzene rings is 2. The van der Waals surface area contributed by atoms with Crippen molar-refractivity contribution in [2.75, 3.05) is 93.5 Å². The summed E-state index contributed by atoms with van der Waals surface area (Å²) in [7, 11) is 5.21. The molecule has 2 aliphatic carbocycles. The van der Waals surface area contributed by atoms with E-state index in [0.29, 0.717) is 102 Å². The molecule has 2 saturated carbocycles. The third-order valence-corrected chi connectivity index (χ3v) is 15.4. The summed E-state index contributed by atoms with van der Waals surface area (Å²) in [5, 5.41) is 15.7. The Morgan fingerprint density at radius 2 is 1.58 bits per heavy atom. The number of fused-ring (bicyclic) bond motifs is 1. The largest absolute Gasteiger partial charge is 0.495 e. The maximum absolute atomic E-state index is 13.4. The third kappa shape index (κ3) is 11.5. The van der Waals surface area contributed by atoms with Gasteiger partial charge in [0.1, 0.15) is 35.4 Å². The zero-order valence-corrected chi connectivity index (χ0v) is 44.6. The normalized spacial score (nSPS) is 20.4. The SMILES string of the molecule is CC[C@@H]1C(=O)N(C)c2cnc(N(C)c3ccc(C(=O)NCCOCCOCCOC4CCN(c5ncc(C(=O)N[C@H]6C(C)(C)[C@H](Oc7ccc(C#N)c(Cl)c7)C6(C)C)cn5)CC4)cc3OC)nc2N1C1CCCC1. The van der Waals surface area contributed by atoms with Crippen molar-refractivity contribution in [2.24, 2.45) is 10.8 Å². The molecule has 2 aliphatic heterocycles. The van der Waals surface area contributed by atoms with Crippen molar-refractivity contribution in [3.05, 3.63) is 76.7 Å². The highest BCUT2D eigenvalue weighted by Crippen LogP contribution is 2.55.